The Hall–Kier alpha value is -3.03. The highest BCUT2D eigenvalue weighted by Gasteiger charge is 2.27. The van der Waals surface area contributed by atoms with E-state index in [1.54, 1.807) is 24.3 Å². The van der Waals surface area contributed by atoms with Gasteiger partial charge in [0.15, 0.2) is 0 Å². The van der Waals surface area contributed by atoms with Crippen LogP contribution in [-0.2, 0) is 4.79 Å². The van der Waals surface area contributed by atoms with Gasteiger partial charge in [0.2, 0.25) is 11.7 Å². The molecule has 4 aromatic rings. The van der Waals surface area contributed by atoms with Crippen LogP contribution in [0.4, 0.5) is 5.69 Å². The first kappa shape index (κ1) is 20.3. The Kier molecular flexibility index (Phi) is 5.92. The van der Waals surface area contributed by atoms with E-state index in [1.165, 1.54) is 11.8 Å². The summed E-state index contributed by atoms with van der Waals surface area (Å²) in [6, 6.07) is 24.0. The highest BCUT2D eigenvalue weighted by atomic mass is 79.9. The SMILES string of the molecule is O=C(O)c1oc2ccccc2c1NC(=O)C(Sc1ccc(Br)cc1)c1ccccc1. The summed E-state index contributed by atoms with van der Waals surface area (Å²) >= 11 is 4.80. The third-order valence-corrected chi connectivity index (χ3v) is 6.24. The van der Waals surface area contributed by atoms with Gasteiger partial charge in [-0.3, -0.25) is 4.79 Å². The lowest BCUT2D eigenvalue weighted by Crippen LogP contribution is -2.20. The molecule has 30 heavy (non-hydrogen) atoms. The van der Waals surface area contributed by atoms with Crippen molar-refractivity contribution in [3.05, 3.63) is 94.7 Å². The lowest BCUT2D eigenvalue weighted by molar-refractivity contribution is -0.115. The number of carbonyl (C=O) groups excluding carboxylic acids is 1. The summed E-state index contributed by atoms with van der Waals surface area (Å²) in [5, 5.41) is 12.3. The normalized spacial score (nSPS) is 11.9. The maximum Gasteiger partial charge on any atom is 0.374 e. The summed E-state index contributed by atoms with van der Waals surface area (Å²) in [5.41, 5.74) is 1.38. The molecule has 0 saturated carbocycles. The second-order valence-electron chi connectivity index (χ2n) is 6.46. The van der Waals surface area contributed by atoms with Gasteiger partial charge < -0.3 is 14.8 Å². The molecule has 0 aliphatic carbocycles. The van der Waals surface area contributed by atoms with Crippen LogP contribution in [0.3, 0.4) is 0 Å². The van der Waals surface area contributed by atoms with Crippen LogP contribution in [0.5, 0.6) is 0 Å². The maximum absolute atomic E-state index is 13.3. The molecule has 0 bridgehead atoms. The van der Waals surface area contributed by atoms with E-state index in [1.807, 2.05) is 54.6 Å². The third-order valence-electron chi connectivity index (χ3n) is 4.45. The third kappa shape index (κ3) is 4.27. The zero-order valence-corrected chi connectivity index (χ0v) is 17.9. The van der Waals surface area contributed by atoms with Crippen LogP contribution in [0.15, 0.2) is 92.6 Å². The molecule has 1 unspecified atom stereocenters. The first-order valence-corrected chi connectivity index (χ1v) is 10.7. The van der Waals surface area contributed by atoms with Crippen molar-refractivity contribution in [2.45, 2.75) is 10.1 Å². The summed E-state index contributed by atoms with van der Waals surface area (Å²) in [7, 11) is 0. The molecule has 2 N–H and O–H groups in total. The van der Waals surface area contributed by atoms with Crippen LogP contribution < -0.4 is 5.32 Å². The number of rotatable bonds is 6. The first-order chi connectivity index (χ1) is 14.5. The van der Waals surface area contributed by atoms with Gasteiger partial charge in [-0.15, -0.1) is 11.8 Å². The van der Waals surface area contributed by atoms with E-state index in [-0.39, 0.29) is 17.4 Å². The molecule has 0 fully saturated rings. The Morgan fingerprint density at radius 1 is 0.933 bits per heavy atom. The summed E-state index contributed by atoms with van der Waals surface area (Å²) in [6.07, 6.45) is 0. The Labute approximate surface area is 185 Å². The van der Waals surface area contributed by atoms with Crippen LogP contribution in [-0.4, -0.2) is 17.0 Å². The molecule has 1 aromatic heterocycles. The highest BCUT2D eigenvalue weighted by Crippen LogP contribution is 2.38. The van der Waals surface area contributed by atoms with Crippen molar-refractivity contribution in [3.63, 3.8) is 0 Å². The Bertz CT molecular complexity index is 1210. The minimum absolute atomic E-state index is 0.167. The largest absolute Gasteiger partial charge is 0.475 e. The van der Waals surface area contributed by atoms with Crippen molar-refractivity contribution in [2.24, 2.45) is 0 Å². The van der Waals surface area contributed by atoms with Crippen LogP contribution in [0.25, 0.3) is 11.0 Å². The average molecular weight is 482 g/mol. The van der Waals surface area contributed by atoms with Gasteiger partial charge in [0.1, 0.15) is 16.5 Å². The van der Waals surface area contributed by atoms with E-state index in [4.69, 9.17) is 4.42 Å². The number of halogens is 1. The number of nitrogens with one attached hydrogen (secondary N) is 1. The Morgan fingerprint density at radius 2 is 1.60 bits per heavy atom. The number of thioether (sulfide) groups is 1. The van der Waals surface area contributed by atoms with Gasteiger partial charge in [0.25, 0.3) is 0 Å². The van der Waals surface area contributed by atoms with E-state index >= 15 is 0 Å². The van der Waals surface area contributed by atoms with E-state index in [9.17, 15) is 14.7 Å². The van der Waals surface area contributed by atoms with Crippen molar-refractivity contribution in [3.8, 4) is 0 Å². The molecule has 1 heterocycles. The number of carboxylic acid groups (broad SMARTS) is 1. The number of carboxylic acids is 1. The molecule has 3 aromatic carbocycles. The van der Waals surface area contributed by atoms with Crippen molar-refractivity contribution in [2.75, 3.05) is 5.32 Å². The average Bonchev–Trinajstić information content (AvgIpc) is 3.12. The predicted octanol–water partition coefficient (Wildman–Crippen LogP) is 6.37. The molecule has 0 radical (unpaired) electrons. The fourth-order valence-corrected chi connectivity index (χ4v) is 4.35. The van der Waals surface area contributed by atoms with Gasteiger partial charge in [0, 0.05) is 14.8 Å². The van der Waals surface area contributed by atoms with Gasteiger partial charge in [-0.05, 0) is 42.0 Å². The summed E-state index contributed by atoms with van der Waals surface area (Å²) < 4.78 is 6.40. The van der Waals surface area contributed by atoms with E-state index in [2.05, 4.69) is 21.2 Å². The van der Waals surface area contributed by atoms with Crippen LogP contribution in [0.1, 0.15) is 21.4 Å². The van der Waals surface area contributed by atoms with Gasteiger partial charge in [-0.2, -0.15) is 0 Å². The molecule has 0 aliphatic heterocycles. The fourth-order valence-electron chi connectivity index (χ4n) is 3.06. The lowest BCUT2D eigenvalue weighted by atomic mass is 10.1. The minimum Gasteiger partial charge on any atom is -0.475 e. The number of furan rings is 1. The smallest absolute Gasteiger partial charge is 0.374 e. The summed E-state index contributed by atoms with van der Waals surface area (Å²) in [5.74, 6) is -1.86. The molecule has 0 saturated heterocycles. The highest BCUT2D eigenvalue weighted by molar-refractivity contribution is 9.10. The molecule has 7 heteroatoms. The van der Waals surface area contributed by atoms with Crippen molar-refractivity contribution >= 4 is 56.2 Å². The number of para-hydroxylation sites is 1. The van der Waals surface area contributed by atoms with E-state index < -0.39 is 11.2 Å². The molecule has 150 valence electrons. The zero-order chi connectivity index (χ0) is 21.1. The summed E-state index contributed by atoms with van der Waals surface area (Å²) in [4.78, 5) is 25.9. The number of anilines is 1. The number of carbonyl (C=O) groups is 2. The number of hydrogen-bond donors (Lipinski definition) is 2. The molecule has 1 amide bonds. The van der Waals surface area contributed by atoms with Gasteiger partial charge in [-0.25, -0.2) is 4.79 Å². The van der Waals surface area contributed by atoms with Crippen molar-refractivity contribution in [1.82, 2.24) is 0 Å². The Morgan fingerprint density at radius 3 is 2.30 bits per heavy atom. The van der Waals surface area contributed by atoms with E-state index in [0.29, 0.717) is 11.0 Å². The molecular formula is C23H16BrNO4S. The quantitative estimate of drug-likeness (QED) is 0.313. The standard InChI is InChI=1S/C23H16BrNO4S/c24-15-10-12-16(13-11-15)30-21(14-6-2-1-3-7-14)22(26)25-19-17-8-4-5-9-18(17)29-20(19)23(27)28/h1-13,21H,(H,25,26)(H,27,28). The Balaban J connectivity index is 1.71. The number of hydrogen-bond acceptors (Lipinski definition) is 4. The minimum atomic E-state index is -1.24. The van der Waals surface area contributed by atoms with E-state index in [0.717, 1.165) is 14.9 Å². The second-order valence-corrected chi connectivity index (χ2v) is 8.55. The zero-order valence-electron chi connectivity index (χ0n) is 15.5. The number of amides is 1. The lowest BCUT2D eigenvalue weighted by Gasteiger charge is -2.17. The molecule has 1 atom stereocenters. The fraction of sp³-hybridized carbons (Fsp3) is 0.0435. The van der Waals surface area contributed by atoms with Crippen LogP contribution >= 0.6 is 27.7 Å². The molecule has 5 nitrogen and oxygen atoms in total. The number of fused-ring (bicyclic) bond motifs is 1. The van der Waals surface area contributed by atoms with Crippen molar-refractivity contribution < 1.29 is 19.1 Å². The van der Waals surface area contributed by atoms with Gasteiger partial charge >= 0.3 is 5.97 Å². The van der Waals surface area contributed by atoms with Crippen LogP contribution in [0.2, 0.25) is 0 Å². The van der Waals surface area contributed by atoms with Crippen molar-refractivity contribution in [1.29, 1.82) is 0 Å². The molecule has 0 spiro atoms. The van der Waals surface area contributed by atoms with Crippen LogP contribution in [0, 0.1) is 0 Å². The first-order valence-electron chi connectivity index (χ1n) is 9.06. The molecular weight excluding hydrogens is 466 g/mol. The summed E-state index contributed by atoms with van der Waals surface area (Å²) in [6.45, 7) is 0. The number of benzene rings is 3. The second kappa shape index (κ2) is 8.77. The van der Waals surface area contributed by atoms with Gasteiger partial charge in [-0.1, -0.05) is 58.4 Å². The molecule has 0 aliphatic rings. The topological polar surface area (TPSA) is 79.5 Å². The molecule has 4 rings (SSSR count). The monoisotopic (exact) mass is 481 g/mol. The predicted molar refractivity (Wildman–Crippen MR) is 121 cm³/mol. The maximum atomic E-state index is 13.3. The number of aromatic carboxylic acids is 1. The van der Waals surface area contributed by atoms with Gasteiger partial charge in [0.05, 0.1) is 0 Å².